The summed E-state index contributed by atoms with van der Waals surface area (Å²) in [5.74, 6) is 1.51. The standard InChI is InChI=1S/C40H24N4O/c1-3-11-24(12-4-1)33-23-39(43-40(42-33)25-13-5-2-6-14-25)44-35-18-10-8-16-27(35)29-21-37-31(20-36(29)44)30-19-28-26-15-7-9-17-32(26)41-34(28)22-38(30)45-37/h1-23,41H. The first-order valence-corrected chi connectivity index (χ1v) is 15.1. The van der Waals surface area contributed by atoms with Crippen molar-refractivity contribution in [3.8, 4) is 28.5 Å². The molecule has 0 unspecified atom stereocenters. The molecule has 0 amide bonds. The van der Waals surface area contributed by atoms with E-state index in [1.54, 1.807) is 0 Å². The van der Waals surface area contributed by atoms with Crippen LogP contribution in [0.5, 0.6) is 0 Å². The molecule has 0 aliphatic rings. The summed E-state index contributed by atoms with van der Waals surface area (Å²) < 4.78 is 8.80. The van der Waals surface area contributed by atoms with Crippen LogP contribution in [0.15, 0.2) is 144 Å². The molecule has 0 bridgehead atoms. The number of hydrogen-bond acceptors (Lipinski definition) is 3. The first-order valence-electron chi connectivity index (χ1n) is 15.1. The minimum atomic E-state index is 0.689. The van der Waals surface area contributed by atoms with Crippen LogP contribution < -0.4 is 0 Å². The monoisotopic (exact) mass is 576 g/mol. The third-order valence-electron chi connectivity index (χ3n) is 8.93. The molecule has 0 spiro atoms. The van der Waals surface area contributed by atoms with Crippen molar-refractivity contribution in [2.45, 2.75) is 0 Å². The second-order valence-electron chi connectivity index (χ2n) is 11.6. The zero-order valence-electron chi connectivity index (χ0n) is 24.0. The van der Waals surface area contributed by atoms with Crippen LogP contribution in [0.2, 0.25) is 0 Å². The molecule has 5 heteroatoms. The van der Waals surface area contributed by atoms with Crippen LogP contribution in [-0.2, 0) is 0 Å². The van der Waals surface area contributed by atoms with Crippen LogP contribution in [0.3, 0.4) is 0 Å². The van der Waals surface area contributed by atoms with Gasteiger partial charge in [0, 0.05) is 61.1 Å². The van der Waals surface area contributed by atoms with Gasteiger partial charge in [0.1, 0.15) is 17.0 Å². The maximum Gasteiger partial charge on any atom is 0.162 e. The number of furan rings is 1. The largest absolute Gasteiger partial charge is 0.456 e. The molecule has 10 aromatic rings. The van der Waals surface area contributed by atoms with Crippen LogP contribution in [0.1, 0.15) is 0 Å². The maximum absolute atomic E-state index is 6.53. The third-order valence-corrected chi connectivity index (χ3v) is 8.93. The predicted molar refractivity (Wildman–Crippen MR) is 184 cm³/mol. The molecule has 5 nitrogen and oxygen atoms in total. The number of hydrogen-bond donors (Lipinski definition) is 1. The molecule has 0 radical (unpaired) electrons. The van der Waals surface area contributed by atoms with Crippen molar-refractivity contribution in [2.24, 2.45) is 0 Å². The molecule has 210 valence electrons. The highest BCUT2D eigenvalue weighted by Gasteiger charge is 2.19. The lowest BCUT2D eigenvalue weighted by atomic mass is 10.1. The van der Waals surface area contributed by atoms with Crippen molar-refractivity contribution in [3.63, 3.8) is 0 Å². The molecule has 6 aromatic carbocycles. The van der Waals surface area contributed by atoms with Crippen molar-refractivity contribution in [3.05, 3.63) is 140 Å². The van der Waals surface area contributed by atoms with E-state index < -0.39 is 0 Å². The number of rotatable bonds is 3. The number of benzene rings is 6. The van der Waals surface area contributed by atoms with E-state index in [2.05, 4.69) is 113 Å². The number of fused-ring (bicyclic) bond motifs is 9. The van der Waals surface area contributed by atoms with Crippen molar-refractivity contribution < 1.29 is 4.42 Å². The quantitative estimate of drug-likeness (QED) is 0.228. The van der Waals surface area contributed by atoms with Gasteiger partial charge >= 0.3 is 0 Å². The van der Waals surface area contributed by atoms with Crippen LogP contribution in [0, 0.1) is 0 Å². The van der Waals surface area contributed by atoms with E-state index in [0.717, 1.165) is 77.4 Å². The lowest BCUT2D eigenvalue weighted by Gasteiger charge is -2.12. The molecule has 0 saturated heterocycles. The molecular weight excluding hydrogens is 552 g/mol. The maximum atomic E-state index is 6.53. The number of aromatic amines is 1. The Morgan fingerprint density at radius 3 is 2.00 bits per heavy atom. The summed E-state index contributed by atoms with van der Waals surface area (Å²) in [7, 11) is 0. The Morgan fingerprint density at radius 2 is 1.16 bits per heavy atom. The molecule has 0 saturated carbocycles. The minimum absolute atomic E-state index is 0.689. The van der Waals surface area contributed by atoms with Crippen molar-refractivity contribution in [1.82, 2.24) is 19.5 Å². The average Bonchev–Trinajstić information content (AvgIpc) is 3.75. The summed E-state index contributed by atoms with van der Waals surface area (Å²) in [6.07, 6.45) is 0. The molecule has 0 aliphatic carbocycles. The lowest BCUT2D eigenvalue weighted by Crippen LogP contribution is -2.02. The van der Waals surface area contributed by atoms with Crippen molar-refractivity contribution in [1.29, 1.82) is 0 Å². The third kappa shape index (κ3) is 3.61. The number of aromatic nitrogens is 4. The minimum Gasteiger partial charge on any atom is -0.456 e. The fourth-order valence-corrected chi connectivity index (χ4v) is 6.85. The van der Waals surface area contributed by atoms with E-state index in [9.17, 15) is 0 Å². The van der Waals surface area contributed by atoms with E-state index in [1.807, 2.05) is 36.4 Å². The first-order chi connectivity index (χ1) is 22.3. The lowest BCUT2D eigenvalue weighted by molar-refractivity contribution is 0.670. The SMILES string of the molecule is c1ccc(-c2cc(-n3c4ccccc4c4cc5oc6cc7[nH]c8ccccc8c7cc6c5cc43)nc(-c3ccccc3)n2)cc1. The van der Waals surface area contributed by atoms with Gasteiger partial charge in [-0.05, 0) is 30.3 Å². The summed E-state index contributed by atoms with van der Waals surface area (Å²) in [5, 5.41) is 6.84. The molecule has 0 atom stereocenters. The predicted octanol–water partition coefficient (Wildman–Crippen LogP) is 10.4. The Bertz CT molecular complexity index is 2690. The number of H-pyrrole nitrogens is 1. The average molecular weight is 577 g/mol. The molecule has 45 heavy (non-hydrogen) atoms. The van der Waals surface area contributed by atoms with Gasteiger partial charge in [-0.15, -0.1) is 0 Å². The van der Waals surface area contributed by atoms with Gasteiger partial charge in [0.05, 0.1) is 22.2 Å². The summed E-state index contributed by atoms with van der Waals surface area (Å²) >= 11 is 0. The summed E-state index contributed by atoms with van der Waals surface area (Å²) in [6.45, 7) is 0. The Hall–Kier alpha value is -6.20. The Kier molecular flexibility index (Phi) is 4.93. The van der Waals surface area contributed by atoms with E-state index in [1.165, 1.54) is 10.8 Å². The van der Waals surface area contributed by atoms with Gasteiger partial charge < -0.3 is 9.40 Å². The van der Waals surface area contributed by atoms with E-state index >= 15 is 0 Å². The summed E-state index contributed by atoms with van der Waals surface area (Å²) in [4.78, 5) is 13.8. The highest BCUT2D eigenvalue weighted by atomic mass is 16.3. The fraction of sp³-hybridized carbons (Fsp3) is 0. The Balaban J connectivity index is 1.30. The topological polar surface area (TPSA) is 59.6 Å². The zero-order chi connectivity index (χ0) is 29.5. The van der Waals surface area contributed by atoms with Crippen molar-refractivity contribution in [2.75, 3.05) is 0 Å². The Morgan fingerprint density at radius 1 is 0.467 bits per heavy atom. The summed E-state index contributed by atoms with van der Waals surface area (Å²) in [5.41, 5.74) is 8.99. The normalized spacial score (nSPS) is 12.0. The molecule has 1 N–H and O–H groups in total. The van der Waals surface area contributed by atoms with Crippen LogP contribution in [0.4, 0.5) is 0 Å². The van der Waals surface area contributed by atoms with Gasteiger partial charge in [-0.3, -0.25) is 4.57 Å². The molecular formula is C40H24N4O. The molecule has 10 rings (SSSR count). The van der Waals surface area contributed by atoms with Gasteiger partial charge in [-0.2, -0.15) is 0 Å². The van der Waals surface area contributed by atoms with E-state index in [-0.39, 0.29) is 0 Å². The van der Waals surface area contributed by atoms with Crippen LogP contribution in [-0.4, -0.2) is 19.5 Å². The molecule has 4 aromatic heterocycles. The van der Waals surface area contributed by atoms with Gasteiger partial charge in [-0.25, -0.2) is 9.97 Å². The number of para-hydroxylation sites is 2. The Labute approximate surface area is 257 Å². The zero-order valence-corrected chi connectivity index (χ0v) is 24.0. The van der Waals surface area contributed by atoms with Gasteiger partial charge in [0.25, 0.3) is 0 Å². The number of nitrogens with one attached hydrogen (secondary N) is 1. The molecule has 0 aliphatic heterocycles. The van der Waals surface area contributed by atoms with Gasteiger partial charge in [-0.1, -0.05) is 97.1 Å². The fourth-order valence-electron chi connectivity index (χ4n) is 6.85. The smallest absolute Gasteiger partial charge is 0.162 e. The first kappa shape index (κ1) is 24.3. The van der Waals surface area contributed by atoms with Crippen LogP contribution >= 0.6 is 0 Å². The molecule has 4 heterocycles. The second kappa shape index (κ2) is 9.15. The number of nitrogens with zero attached hydrogens (tertiary/aromatic N) is 3. The second-order valence-corrected chi connectivity index (χ2v) is 11.6. The highest BCUT2D eigenvalue weighted by molar-refractivity contribution is 6.20. The highest BCUT2D eigenvalue weighted by Crippen LogP contribution is 2.40. The van der Waals surface area contributed by atoms with E-state index in [4.69, 9.17) is 14.4 Å². The van der Waals surface area contributed by atoms with Crippen LogP contribution in [0.25, 0.3) is 94.0 Å². The molecule has 0 fully saturated rings. The van der Waals surface area contributed by atoms with Gasteiger partial charge in [0.15, 0.2) is 5.82 Å². The summed E-state index contributed by atoms with van der Waals surface area (Å²) in [6, 6.07) is 48.4. The van der Waals surface area contributed by atoms with Gasteiger partial charge in [0.2, 0.25) is 0 Å². The van der Waals surface area contributed by atoms with Crippen molar-refractivity contribution >= 4 is 65.6 Å². The van der Waals surface area contributed by atoms with E-state index in [0.29, 0.717) is 5.82 Å².